The fourth-order valence-corrected chi connectivity index (χ4v) is 13.9. The Bertz CT molecular complexity index is 4330. The van der Waals surface area contributed by atoms with Crippen molar-refractivity contribution in [1.82, 2.24) is 0 Å². The molecule has 1 aliphatic heterocycles. The van der Waals surface area contributed by atoms with Gasteiger partial charge in [0.05, 0.1) is 22.2 Å². The van der Waals surface area contributed by atoms with Gasteiger partial charge in [-0.2, -0.15) is 0 Å². The highest BCUT2D eigenvalue weighted by molar-refractivity contribution is 6.11. The second kappa shape index (κ2) is 17.2. The molecule has 0 saturated heterocycles. The van der Waals surface area contributed by atoms with Crippen molar-refractivity contribution in [2.45, 2.75) is 63.2 Å². The number of rotatable bonds is 6. The van der Waals surface area contributed by atoms with E-state index >= 15 is 0 Å². The Kier molecular flexibility index (Phi) is 10.2. The van der Waals surface area contributed by atoms with Crippen LogP contribution in [0.5, 0.6) is 11.5 Å². The summed E-state index contributed by atoms with van der Waals surface area (Å²) in [6.07, 6.45) is 0. The molecule has 15 rings (SSSR count). The fraction of sp³-hybridized carbons (Fsp3) is 0.132. The lowest BCUT2D eigenvalue weighted by molar-refractivity contribution is 0.433. The molecule has 0 bridgehead atoms. The third-order valence-electron chi connectivity index (χ3n) is 17.5. The molecule has 2 aliphatic carbocycles. The van der Waals surface area contributed by atoms with Crippen LogP contribution >= 0.6 is 0 Å². The first-order chi connectivity index (χ1) is 38.5. The van der Waals surface area contributed by atoms with E-state index in [1.807, 2.05) is 0 Å². The summed E-state index contributed by atoms with van der Waals surface area (Å²) in [5.41, 5.74) is 22.6. The van der Waals surface area contributed by atoms with Crippen molar-refractivity contribution in [2.75, 3.05) is 4.90 Å². The Morgan fingerprint density at radius 2 is 0.848 bits per heavy atom. The summed E-state index contributed by atoms with van der Waals surface area (Å²) in [5, 5.41) is 2.20. The standard InChI is InChI=1S/C76H59NO2/c1-73(2,3)50-39-43-69-64(45-50)76(65-46-51(74(4,5)6)40-44-70(65)78-69)61-34-18-14-30-59(61)71-62(76)35-22-37-67(71)77(66-36-19-15-28-55(66)57-31-21-32-58-56-29-16-20-38-68(56)79-72(57)58)52-41-42-54-53-27-13-17-33-60(53)75(63(54)47-52,48-23-9-7-10-24-48)49-25-11-8-12-26-49/h7-47H,1-6H3. The van der Waals surface area contributed by atoms with Gasteiger partial charge in [-0.05, 0) is 127 Å². The van der Waals surface area contributed by atoms with Gasteiger partial charge in [0, 0.05) is 44.3 Å². The third kappa shape index (κ3) is 6.72. The molecule has 12 aromatic rings. The van der Waals surface area contributed by atoms with Gasteiger partial charge in [0.2, 0.25) is 0 Å². The Balaban J connectivity index is 1.07. The molecule has 3 nitrogen and oxygen atoms in total. The number of anilines is 3. The lowest BCUT2D eigenvalue weighted by Crippen LogP contribution is -2.33. The monoisotopic (exact) mass is 1020 g/mol. The van der Waals surface area contributed by atoms with Crippen LogP contribution in [0.15, 0.2) is 253 Å². The topological polar surface area (TPSA) is 25.6 Å². The summed E-state index contributed by atoms with van der Waals surface area (Å²) < 4.78 is 14.0. The average Bonchev–Trinajstić information content (AvgIpc) is 4.34. The molecule has 0 fully saturated rings. The lowest BCUT2D eigenvalue weighted by Gasteiger charge is -2.41. The Morgan fingerprint density at radius 1 is 0.342 bits per heavy atom. The van der Waals surface area contributed by atoms with Crippen LogP contribution in [-0.4, -0.2) is 0 Å². The normalized spacial score (nSPS) is 14.3. The molecule has 0 N–H and O–H groups in total. The van der Waals surface area contributed by atoms with Gasteiger partial charge in [-0.3, -0.25) is 0 Å². The van der Waals surface area contributed by atoms with Gasteiger partial charge in [0.1, 0.15) is 22.7 Å². The quantitative estimate of drug-likeness (QED) is 0.166. The van der Waals surface area contributed by atoms with Gasteiger partial charge >= 0.3 is 0 Å². The smallest absolute Gasteiger partial charge is 0.143 e. The van der Waals surface area contributed by atoms with E-state index in [9.17, 15) is 0 Å². The molecule has 380 valence electrons. The molecule has 79 heavy (non-hydrogen) atoms. The minimum absolute atomic E-state index is 0.113. The number of para-hydroxylation sites is 3. The summed E-state index contributed by atoms with van der Waals surface area (Å²) >= 11 is 0. The van der Waals surface area contributed by atoms with Gasteiger partial charge in [-0.1, -0.05) is 236 Å². The first-order valence-electron chi connectivity index (χ1n) is 27.8. The van der Waals surface area contributed by atoms with E-state index in [0.717, 1.165) is 72.8 Å². The Morgan fingerprint density at radius 3 is 1.52 bits per heavy atom. The number of nitrogens with zero attached hydrogens (tertiary/aromatic N) is 1. The van der Waals surface area contributed by atoms with Crippen molar-refractivity contribution in [3.8, 4) is 44.9 Å². The van der Waals surface area contributed by atoms with Gasteiger partial charge in [0.15, 0.2) is 0 Å². The van der Waals surface area contributed by atoms with Crippen molar-refractivity contribution < 1.29 is 9.15 Å². The highest BCUT2D eigenvalue weighted by Crippen LogP contribution is 2.66. The number of furan rings is 1. The SMILES string of the molecule is CC(C)(C)c1ccc2c(c1)C1(c3cc(C(C)(C)C)ccc3O2)c2ccccc2-c2c(N(c3ccc4c(c3)C(c3ccccc3)(c3ccccc3)c3ccccc3-4)c3ccccc3-c3cccc4c3oc3ccccc34)cccc21. The largest absolute Gasteiger partial charge is 0.457 e. The highest BCUT2D eigenvalue weighted by atomic mass is 16.5. The number of fused-ring (bicyclic) bond motifs is 15. The molecule has 0 saturated carbocycles. The first-order valence-corrected chi connectivity index (χ1v) is 27.8. The summed E-state index contributed by atoms with van der Waals surface area (Å²) in [4.78, 5) is 2.56. The van der Waals surface area contributed by atoms with Crippen LogP contribution in [-0.2, 0) is 21.7 Å². The van der Waals surface area contributed by atoms with Crippen molar-refractivity contribution >= 4 is 39.0 Å². The van der Waals surface area contributed by atoms with Crippen molar-refractivity contribution in [3.63, 3.8) is 0 Å². The molecule has 0 unspecified atom stereocenters. The van der Waals surface area contributed by atoms with Gasteiger partial charge in [-0.15, -0.1) is 0 Å². The van der Waals surface area contributed by atoms with Crippen LogP contribution in [0.25, 0.3) is 55.3 Å². The summed E-state index contributed by atoms with van der Waals surface area (Å²) in [6, 6.07) is 92.6. The van der Waals surface area contributed by atoms with Crippen LogP contribution in [0.3, 0.4) is 0 Å². The maximum atomic E-state index is 7.11. The minimum Gasteiger partial charge on any atom is -0.457 e. The number of benzene rings is 11. The molecular formula is C76H59NO2. The van der Waals surface area contributed by atoms with Gasteiger partial charge in [0.25, 0.3) is 0 Å². The van der Waals surface area contributed by atoms with Gasteiger partial charge in [-0.25, -0.2) is 0 Å². The van der Waals surface area contributed by atoms with Crippen LogP contribution in [0.4, 0.5) is 17.1 Å². The second-order valence-corrected chi connectivity index (χ2v) is 23.9. The lowest BCUT2D eigenvalue weighted by atomic mass is 9.64. The summed E-state index contributed by atoms with van der Waals surface area (Å²) in [5.74, 6) is 1.77. The van der Waals surface area contributed by atoms with Gasteiger partial charge < -0.3 is 14.1 Å². The summed E-state index contributed by atoms with van der Waals surface area (Å²) in [6.45, 7) is 13.9. The maximum Gasteiger partial charge on any atom is 0.143 e. The molecule has 0 atom stereocenters. The number of hydrogen-bond acceptors (Lipinski definition) is 3. The summed E-state index contributed by atoms with van der Waals surface area (Å²) in [7, 11) is 0. The van der Waals surface area contributed by atoms with Crippen LogP contribution in [0, 0.1) is 0 Å². The van der Waals surface area contributed by atoms with E-state index in [4.69, 9.17) is 9.15 Å². The molecule has 3 heteroatoms. The van der Waals surface area contributed by atoms with E-state index in [0.29, 0.717) is 0 Å². The molecule has 0 radical (unpaired) electrons. The zero-order valence-electron chi connectivity index (χ0n) is 45.4. The van der Waals surface area contributed by atoms with E-state index in [2.05, 4.69) is 295 Å². The maximum absolute atomic E-state index is 7.11. The predicted molar refractivity (Wildman–Crippen MR) is 326 cm³/mol. The molecule has 11 aromatic carbocycles. The van der Waals surface area contributed by atoms with Crippen LogP contribution in [0.2, 0.25) is 0 Å². The van der Waals surface area contributed by atoms with E-state index in [-0.39, 0.29) is 10.8 Å². The predicted octanol–water partition coefficient (Wildman–Crippen LogP) is 20.1. The van der Waals surface area contributed by atoms with Crippen molar-refractivity contribution in [3.05, 3.63) is 304 Å². The number of ether oxygens (including phenoxy) is 1. The molecule has 3 aliphatic rings. The molecule has 0 amide bonds. The average molecular weight is 1020 g/mol. The molecular weight excluding hydrogens is 959 g/mol. The minimum atomic E-state index is -0.728. The van der Waals surface area contributed by atoms with Crippen molar-refractivity contribution in [2.24, 2.45) is 0 Å². The first kappa shape index (κ1) is 47.1. The molecule has 2 heterocycles. The van der Waals surface area contributed by atoms with E-state index in [1.165, 1.54) is 66.8 Å². The zero-order chi connectivity index (χ0) is 53.4. The van der Waals surface area contributed by atoms with Crippen LogP contribution in [0.1, 0.15) is 97.2 Å². The van der Waals surface area contributed by atoms with E-state index < -0.39 is 10.8 Å². The molecule has 1 spiro atoms. The van der Waals surface area contributed by atoms with Crippen LogP contribution < -0.4 is 9.64 Å². The second-order valence-electron chi connectivity index (χ2n) is 23.9. The third-order valence-corrected chi connectivity index (χ3v) is 17.5. The Labute approximate surface area is 463 Å². The highest BCUT2D eigenvalue weighted by Gasteiger charge is 2.53. The van der Waals surface area contributed by atoms with Crippen molar-refractivity contribution in [1.29, 1.82) is 0 Å². The number of hydrogen-bond donors (Lipinski definition) is 0. The van der Waals surface area contributed by atoms with E-state index in [1.54, 1.807) is 0 Å². The fourth-order valence-electron chi connectivity index (χ4n) is 13.9. The Hall–Kier alpha value is -9.18. The zero-order valence-corrected chi connectivity index (χ0v) is 45.4. The molecule has 1 aromatic heterocycles.